The molecule has 0 aliphatic rings. The second-order valence-electron chi connectivity index (χ2n) is 0.447. The van der Waals surface area contributed by atoms with E-state index in [-0.39, 0.29) is 0 Å². The molecular weight excluding hydrogens is 168 g/mol. The van der Waals surface area contributed by atoms with E-state index in [0.29, 0.717) is 0 Å². The van der Waals surface area contributed by atoms with Crippen LogP contribution in [0.1, 0.15) is 0 Å². The molecule has 0 N–H and O–H groups in total. The van der Waals surface area contributed by atoms with Crippen molar-refractivity contribution in [3.8, 4) is 0 Å². The van der Waals surface area contributed by atoms with Gasteiger partial charge in [0.2, 0.25) is 0 Å². The predicted octanol–water partition coefficient (Wildman–Crippen LogP) is -0.978. The van der Waals surface area contributed by atoms with E-state index in [0.717, 1.165) is 0 Å². The molecule has 0 amide bonds. The summed E-state index contributed by atoms with van der Waals surface area (Å²) >= 11 is 0. The van der Waals surface area contributed by atoms with Crippen LogP contribution in [0.2, 0.25) is 0 Å². The van der Waals surface area contributed by atoms with Crippen LogP contribution in [0.15, 0.2) is 0 Å². The van der Waals surface area contributed by atoms with Crippen molar-refractivity contribution in [1.82, 2.24) is 0 Å². The van der Waals surface area contributed by atoms with E-state index in [1.165, 1.54) is 0 Å². The van der Waals surface area contributed by atoms with E-state index in [2.05, 4.69) is 0 Å². The zero-order valence-corrected chi connectivity index (χ0v) is 5.25. The molecule has 10 heavy (non-hydrogen) atoms. The Labute approximate surface area is 56.6 Å². The monoisotopic (exact) mass is 168 g/mol. The van der Waals surface area contributed by atoms with E-state index < -0.39 is 10.2 Å². The first-order valence-corrected chi connectivity index (χ1v) is 1.71. The van der Waals surface area contributed by atoms with Crippen LogP contribution in [0.4, 0.5) is 0 Å². The Morgan fingerprint density at radius 1 is 0.800 bits per heavy atom. The Bertz CT molecular complexity index is 79.8. The van der Waals surface area contributed by atoms with Gasteiger partial charge < -0.3 is 30.6 Å². The van der Waals surface area contributed by atoms with E-state index in [1.54, 1.807) is 10.1 Å². The number of hydrogen-bond donors (Lipinski definition) is 0. The van der Waals surface area contributed by atoms with Crippen LogP contribution >= 0.6 is 0 Å². The van der Waals surface area contributed by atoms with Crippen molar-refractivity contribution >= 4 is 10.1 Å². The first-order chi connectivity index (χ1) is 4.46. The van der Waals surface area contributed by atoms with Gasteiger partial charge in [-0.3, -0.25) is 0 Å². The van der Waals surface area contributed by atoms with Crippen molar-refractivity contribution in [2.45, 2.75) is 0 Å². The topological polar surface area (TPSA) is 149 Å². The summed E-state index contributed by atoms with van der Waals surface area (Å²) in [5.41, 5.74) is 0. The minimum atomic E-state index is -1.75. The van der Waals surface area contributed by atoms with Crippen molar-refractivity contribution in [2.24, 2.45) is 0 Å². The molecule has 0 aromatic rings. The molecule has 0 aromatic carbocycles. The summed E-state index contributed by atoms with van der Waals surface area (Å²) in [6, 6.07) is 0. The summed E-state index contributed by atoms with van der Waals surface area (Å²) in [7, 11) is 1.72. The van der Waals surface area contributed by atoms with E-state index in [4.69, 9.17) is 35.1 Å². The molecule has 0 aliphatic carbocycles. The molecule has 0 heterocycles. The van der Waals surface area contributed by atoms with Crippen LogP contribution in [-0.4, -0.2) is 20.3 Å². The standard InChI is InChI=1S/2NO3.OSi/c2*2-1(3)4;1-2/q2*-1;+2. The normalized spacial score (nSPS) is 5.40. The molecule has 0 spiro atoms. The summed E-state index contributed by atoms with van der Waals surface area (Å²) in [5, 5.41) is 29.5. The van der Waals surface area contributed by atoms with Crippen LogP contribution < -0.4 is 0 Å². The van der Waals surface area contributed by atoms with Crippen molar-refractivity contribution < 1.29 is 14.6 Å². The molecule has 0 saturated heterocycles. The SMILES string of the molecule is O=[N+]([O-])[O-].O=[N+]([O-])[O-].O=[Si+2]. The van der Waals surface area contributed by atoms with Gasteiger partial charge in [0.05, 0.1) is 10.2 Å². The fraction of sp³-hybridized carbons (Fsp3) is 0. The average Bonchev–Trinajstić information content (AvgIpc) is 1.66. The molecule has 10 heteroatoms. The average molecular weight is 168 g/mol. The van der Waals surface area contributed by atoms with Gasteiger partial charge in [0.1, 0.15) is 0 Å². The summed E-state index contributed by atoms with van der Waals surface area (Å²) in [4.78, 5) is 16.5. The molecule has 0 rings (SSSR count). The van der Waals surface area contributed by atoms with Crippen molar-refractivity contribution in [1.29, 1.82) is 0 Å². The van der Waals surface area contributed by atoms with Crippen molar-refractivity contribution in [2.75, 3.05) is 0 Å². The molecule has 0 saturated carbocycles. The van der Waals surface area contributed by atoms with Gasteiger partial charge in [-0.2, -0.15) is 0 Å². The molecule has 0 aromatic heterocycles. The first-order valence-electron chi connectivity index (χ1n) is 1.30. The van der Waals surface area contributed by atoms with Gasteiger partial charge in [-0.1, -0.05) is 0 Å². The van der Waals surface area contributed by atoms with Crippen LogP contribution in [0.5, 0.6) is 0 Å². The van der Waals surface area contributed by atoms with Gasteiger partial charge in [-0.05, 0) is 0 Å². The maximum atomic E-state index is 8.25. The molecule has 0 fully saturated rings. The Kier molecular flexibility index (Phi) is 24.7. The Hall–Kier alpha value is -1.58. The number of rotatable bonds is 0. The first kappa shape index (κ1) is 15.8. The van der Waals surface area contributed by atoms with E-state index >= 15 is 0 Å². The van der Waals surface area contributed by atoms with Gasteiger partial charge >= 0.3 is 14.6 Å². The van der Waals surface area contributed by atoms with Gasteiger partial charge in [-0.25, -0.2) is 0 Å². The van der Waals surface area contributed by atoms with Gasteiger partial charge in [0.15, 0.2) is 0 Å². The minimum absolute atomic E-state index is 1.72. The molecule has 56 valence electrons. The van der Waals surface area contributed by atoms with Crippen LogP contribution in [0, 0.1) is 30.6 Å². The number of hydrogen-bond acceptors (Lipinski definition) is 7. The van der Waals surface area contributed by atoms with E-state index in [9.17, 15) is 0 Å². The Balaban J connectivity index is -0.0000000787. The molecular formula is N2O7Si. The van der Waals surface area contributed by atoms with Gasteiger partial charge in [0.25, 0.3) is 0 Å². The van der Waals surface area contributed by atoms with Crippen LogP contribution in [0.3, 0.4) is 0 Å². The molecule has 0 bridgehead atoms. The zero-order chi connectivity index (χ0) is 9.15. The quantitative estimate of drug-likeness (QED) is 0.256. The molecule has 9 nitrogen and oxygen atoms in total. The Morgan fingerprint density at radius 2 is 0.800 bits per heavy atom. The summed E-state index contributed by atoms with van der Waals surface area (Å²) in [6.07, 6.45) is 0. The molecule has 0 radical (unpaired) electrons. The third-order valence-corrected chi connectivity index (χ3v) is 0. The molecule has 0 atom stereocenters. The third kappa shape index (κ3) is 75.1. The van der Waals surface area contributed by atoms with Crippen molar-refractivity contribution in [3.63, 3.8) is 0 Å². The summed E-state index contributed by atoms with van der Waals surface area (Å²) < 4.78 is 8.06. The van der Waals surface area contributed by atoms with Gasteiger partial charge in [-0.15, -0.1) is 0 Å². The van der Waals surface area contributed by atoms with Gasteiger partial charge in [0, 0.05) is 0 Å². The second kappa shape index (κ2) is 15.7. The second-order valence-corrected chi connectivity index (χ2v) is 0.447. The fourth-order valence-electron chi connectivity index (χ4n) is 0. The number of nitrogens with zero attached hydrogens (tertiary/aromatic N) is 2. The Morgan fingerprint density at radius 3 is 0.800 bits per heavy atom. The third-order valence-electron chi connectivity index (χ3n) is 0. The van der Waals surface area contributed by atoms with E-state index in [1.807, 2.05) is 0 Å². The molecule has 0 unspecified atom stereocenters. The fourth-order valence-corrected chi connectivity index (χ4v) is 0. The summed E-state index contributed by atoms with van der Waals surface area (Å²) in [5.74, 6) is 0. The summed E-state index contributed by atoms with van der Waals surface area (Å²) in [6.45, 7) is 0. The zero-order valence-electron chi connectivity index (χ0n) is 4.25. The molecule has 0 aliphatic heterocycles. The maximum absolute atomic E-state index is 8.25. The van der Waals surface area contributed by atoms with Crippen LogP contribution in [0.25, 0.3) is 0 Å². The van der Waals surface area contributed by atoms with Crippen LogP contribution in [-0.2, 0) is 4.46 Å². The van der Waals surface area contributed by atoms with Crippen molar-refractivity contribution in [3.05, 3.63) is 30.6 Å². The predicted molar refractivity (Wildman–Crippen MR) is 27.2 cm³/mol.